The van der Waals surface area contributed by atoms with Crippen molar-refractivity contribution < 1.29 is 18.9 Å². The van der Waals surface area contributed by atoms with Gasteiger partial charge in [0.25, 0.3) is 5.91 Å². The number of nitrogens with zero attached hydrogens (tertiary/aromatic N) is 2. The average Bonchev–Trinajstić information content (AvgIpc) is 3.20. The number of nitrogens with one attached hydrogen (secondary N) is 2. The quantitative estimate of drug-likeness (QED) is 0.357. The van der Waals surface area contributed by atoms with E-state index < -0.39 is 5.91 Å². The molecule has 170 valence electrons. The maximum Gasteiger partial charge on any atom is 0.277 e. The van der Waals surface area contributed by atoms with Crippen LogP contribution in [0.5, 0.6) is 11.5 Å². The van der Waals surface area contributed by atoms with E-state index >= 15 is 0 Å². The van der Waals surface area contributed by atoms with E-state index in [1.54, 1.807) is 6.07 Å². The van der Waals surface area contributed by atoms with Gasteiger partial charge in [-0.3, -0.25) is 4.79 Å². The molecular weight excluding hydrogens is 457 g/mol. The number of carbonyl (C=O) groups excluding carboxylic acids is 1. The summed E-state index contributed by atoms with van der Waals surface area (Å²) in [5.41, 5.74) is 7.22. The first-order chi connectivity index (χ1) is 15.5. The molecule has 0 spiro atoms. The number of anilines is 1. The summed E-state index contributed by atoms with van der Waals surface area (Å²) in [5.74, 6) is 0.636. The van der Waals surface area contributed by atoms with Crippen molar-refractivity contribution in [3.63, 3.8) is 0 Å². The van der Waals surface area contributed by atoms with Crippen molar-refractivity contribution in [1.29, 1.82) is 0 Å². The fourth-order valence-electron chi connectivity index (χ4n) is 2.81. The molecule has 0 aliphatic rings. The molecule has 0 aliphatic carbocycles. The van der Waals surface area contributed by atoms with Gasteiger partial charge in [0.1, 0.15) is 6.61 Å². The number of hydrogen-bond donors (Lipinski definition) is 3. The Labute approximate surface area is 195 Å². The highest BCUT2D eigenvalue weighted by Gasteiger charge is 2.15. The fourth-order valence-corrected chi connectivity index (χ4v) is 3.24. The van der Waals surface area contributed by atoms with Crippen LogP contribution in [0.3, 0.4) is 0 Å². The zero-order valence-electron chi connectivity index (χ0n) is 17.4. The molecule has 3 aromatic rings. The van der Waals surface area contributed by atoms with Crippen molar-refractivity contribution in [3.05, 3.63) is 63.3 Å². The van der Waals surface area contributed by atoms with Gasteiger partial charge in [-0.05, 0) is 46.6 Å². The van der Waals surface area contributed by atoms with Gasteiger partial charge in [-0.2, -0.15) is 0 Å². The molecule has 9 nitrogen and oxygen atoms in total. The Bertz CT molecular complexity index is 1060. The van der Waals surface area contributed by atoms with Gasteiger partial charge < -0.3 is 25.8 Å². The monoisotopic (exact) mass is 479 g/mol. The first-order valence-corrected chi connectivity index (χ1v) is 10.6. The highest BCUT2D eigenvalue weighted by molar-refractivity contribution is 6.31. The minimum atomic E-state index is -0.455. The van der Waals surface area contributed by atoms with Gasteiger partial charge in [0.05, 0.1) is 6.61 Å². The first-order valence-electron chi connectivity index (χ1n) is 9.87. The second-order valence-electron chi connectivity index (χ2n) is 6.67. The molecule has 2 aromatic carbocycles. The maximum absolute atomic E-state index is 11.9. The number of carbonyl (C=O) groups is 1. The van der Waals surface area contributed by atoms with E-state index in [4.69, 9.17) is 38.4 Å². The van der Waals surface area contributed by atoms with Crippen molar-refractivity contribution in [3.8, 4) is 11.5 Å². The Hall–Kier alpha value is -3.01. The Kier molecular flexibility index (Phi) is 8.55. The molecule has 1 amide bonds. The van der Waals surface area contributed by atoms with Crippen LogP contribution in [0.4, 0.5) is 5.82 Å². The van der Waals surface area contributed by atoms with Crippen molar-refractivity contribution in [2.45, 2.75) is 20.1 Å². The van der Waals surface area contributed by atoms with Crippen molar-refractivity contribution in [2.75, 3.05) is 25.4 Å². The highest BCUT2D eigenvalue weighted by Crippen LogP contribution is 2.34. The lowest BCUT2D eigenvalue weighted by Gasteiger charge is -2.15. The molecule has 0 bridgehead atoms. The molecule has 0 fully saturated rings. The van der Waals surface area contributed by atoms with Gasteiger partial charge in [0.15, 0.2) is 11.5 Å². The molecule has 32 heavy (non-hydrogen) atoms. The van der Waals surface area contributed by atoms with Gasteiger partial charge in [0, 0.05) is 35.7 Å². The number of nitrogen functional groups attached to an aromatic ring is 1. The topological polar surface area (TPSA) is 125 Å². The normalized spacial score (nSPS) is 10.7. The highest BCUT2D eigenvalue weighted by atomic mass is 35.5. The van der Waals surface area contributed by atoms with Gasteiger partial charge in [-0.25, -0.2) is 4.63 Å². The largest absolute Gasteiger partial charge is 0.490 e. The number of rotatable bonds is 11. The molecule has 0 saturated heterocycles. The number of amides is 1. The summed E-state index contributed by atoms with van der Waals surface area (Å²) in [4.78, 5) is 11.9. The third-order valence-electron chi connectivity index (χ3n) is 4.33. The summed E-state index contributed by atoms with van der Waals surface area (Å²) in [6.45, 7) is 4.02. The zero-order valence-corrected chi connectivity index (χ0v) is 18.9. The van der Waals surface area contributed by atoms with Crippen LogP contribution >= 0.6 is 23.2 Å². The molecule has 0 saturated carbocycles. The molecular formula is C21H23Cl2N5O4. The second-order valence-corrected chi connectivity index (χ2v) is 7.52. The number of nitrogens with two attached hydrogens (primary N) is 1. The molecule has 1 aromatic heterocycles. The summed E-state index contributed by atoms with van der Waals surface area (Å²) in [5, 5.41) is 13.9. The summed E-state index contributed by atoms with van der Waals surface area (Å²) >= 11 is 12.5. The van der Waals surface area contributed by atoms with Crippen molar-refractivity contribution in [2.24, 2.45) is 0 Å². The van der Waals surface area contributed by atoms with Crippen LogP contribution < -0.4 is 25.8 Å². The van der Waals surface area contributed by atoms with Gasteiger partial charge in [-0.1, -0.05) is 35.3 Å². The minimum absolute atomic E-state index is 0.0391. The molecule has 0 atom stereocenters. The summed E-state index contributed by atoms with van der Waals surface area (Å²) < 4.78 is 16.1. The molecule has 0 unspecified atom stereocenters. The maximum atomic E-state index is 11.9. The Morgan fingerprint density at radius 2 is 1.94 bits per heavy atom. The standard InChI is InChI=1S/C21H23Cl2N5O4/c1-2-30-17-9-14(11-25-6-7-26-21(29)19-20(24)28-32-27-19)16(23)10-18(17)31-12-13-4-3-5-15(22)8-13/h3-5,8-10,25H,2,6-7,11-12H2,1H3,(H2,24,28)(H,26,29). The molecule has 11 heteroatoms. The molecule has 4 N–H and O–H groups in total. The third-order valence-corrected chi connectivity index (χ3v) is 4.91. The van der Waals surface area contributed by atoms with Crippen LogP contribution in [-0.2, 0) is 13.2 Å². The zero-order chi connectivity index (χ0) is 22.9. The van der Waals surface area contributed by atoms with Gasteiger partial charge >= 0.3 is 0 Å². The minimum Gasteiger partial charge on any atom is -0.490 e. The third kappa shape index (κ3) is 6.49. The Morgan fingerprint density at radius 1 is 1.12 bits per heavy atom. The lowest BCUT2D eigenvalue weighted by atomic mass is 10.2. The van der Waals surface area contributed by atoms with E-state index in [2.05, 4.69) is 25.6 Å². The van der Waals surface area contributed by atoms with Crippen LogP contribution in [0.1, 0.15) is 28.5 Å². The number of ether oxygens (including phenoxy) is 2. The van der Waals surface area contributed by atoms with Crippen LogP contribution in [0.25, 0.3) is 0 Å². The predicted octanol–water partition coefficient (Wildman–Crippen LogP) is 3.46. The number of aromatic nitrogens is 2. The lowest BCUT2D eigenvalue weighted by molar-refractivity contribution is 0.0944. The van der Waals surface area contributed by atoms with E-state index in [0.29, 0.717) is 54.4 Å². The Balaban J connectivity index is 1.54. The summed E-state index contributed by atoms with van der Waals surface area (Å²) in [6.07, 6.45) is 0. The van der Waals surface area contributed by atoms with E-state index in [-0.39, 0.29) is 11.5 Å². The summed E-state index contributed by atoms with van der Waals surface area (Å²) in [7, 11) is 0. The van der Waals surface area contributed by atoms with Crippen LogP contribution in [0.15, 0.2) is 41.0 Å². The SMILES string of the molecule is CCOc1cc(CNCCNC(=O)c2nonc2N)c(Cl)cc1OCc1cccc(Cl)c1. The van der Waals surface area contributed by atoms with Gasteiger partial charge in [-0.15, -0.1) is 0 Å². The van der Waals surface area contributed by atoms with E-state index in [1.807, 2.05) is 37.3 Å². The van der Waals surface area contributed by atoms with Gasteiger partial charge in [0.2, 0.25) is 11.5 Å². The number of hydrogen-bond acceptors (Lipinski definition) is 8. The Morgan fingerprint density at radius 3 is 2.66 bits per heavy atom. The number of benzene rings is 2. The number of halogens is 2. The van der Waals surface area contributed by atoms with Crippen LogP contribution in [-0.4, -0.2) is 35.9 Å². The fraction of sp³-hybridized carbons (Fsp3) is 0.286. The smallest absolute Gasteiger partial charge is 0.277 e. The predicted molar refractivity (Wildman–Crippen MR) is 121 cm³/mol. The average molecular weight is 480 g/mol. The molecule has 1 heterocycles. The molecule has 0 aliphatic heterocycles. The van der Waals surface area contributed by atoms with E-state index in [0.717, 1.165) is 11.1 Å². The van der Waals surface area contributed by atoms with E-state index in [1.165, 1.54) is 0 Å². The first kappa shape index (κ1) is 23.6. The lowest BCUT2D eigenvalue weighted by Crippen LogP contribution is -2.32. The summed E-state index contributed by atoms with van der Waals surface area (Å²) in [6, 6.07) is 11.0. The molecule has 3 rings (SSSR count). The second kappa shape index (κ2) is 11.6. The van der Waals surface area contributed by atoms with Crippen LogP contribution in [0, 0.1) is 0 Å². The van der Waals surface area contributed by atoms with Crippen LogP contribution in [0.2, 0.25) is 10.0 Å². The van der Waals surface area contributed by atoms with Crippen molar-refractivity contribution in [1.82, 2.24) is 20.9 Å². The molecule has 0 radical (unpaired) electrons. The van der Waals surface area contributed by atoms with E-state index in [9.17, 15) is 4.79 Å². The van der Waals surface area contributed by atoms with Crippen molar-refractivity contribution >= 4 is 34.9 Å².